The molecule has 31 heavy (non-hydrogen) atoms. The Morgan fingerprint density at radius 2 is 1.94 bits per heavy atom. The normalized spacial score (nSPS) is 18.0. The molecule has 0 fully saturated rings. The number of rotatable bonds is 3. The second kappa shape index (κ2) is 6.99. The summed E-state index contributed by atoms with van der Waals surface area (Å²) in [6, 6.07) is 16.3. The van der Waals surface area contributed by atoms with Gasteiger partial charge in [-0.25, -0.2) is 4.98 Å². The van der Waals surface area contributed by atoms with E-state index in [-0.39, 0.29) is 5.92 Å². The van der Waals surface area contributed by atoms with Crippen molar-refractivity contribution in [2.75, 3.05) is 7.11 Å². The minimum atomic E-state index is -0.116. The number of hydrogen-bond acceptors (Lipinski definition) is 6. The fourth-order valence-electron chi connectivity index (χ4n) is 4.49. The maximum absolute atomic E-state index is 6.56. The van der Waals surface area contributed by atoms with E-state index < -0.39 is 0 Å². The van der Waals surface area contributed by atoms with E-state index in [9.17, 15) is 0 Å². The Morgan fingerprint density at radius 1 is 1.10 bits per heavy atom. The third-order valence-electron chi connectivity index (χ3n) is 5.96. The number of aromatic nitrogens is 3. The van der Waals surface area contributed by atoms with Crippen LogP contribution >= 0.6 is 11.3 Å². The molecule has 0 radical (unpaired) electrons. The average molecular weight is 429 g/mol. The molecule has 3 N–H and O–H groups in total. The molecule has 1 aliphatic heterocycles. The summed E-state index contributed by atoms with van der Waals surface area (Å²) in [7, 11) is 1.67. The summed E-state index contributed by atoms with van der Waals surface area (Å²) >= 11 is 1.63. The Kier molecular flexibility index (Phi) is 4.11. The van der Waals surface area contributed by atoms with Crippen molar-refractivity contribution in [3.8, 4) is 5.75 Å². The molecule has 154 valence electrons. The zero-order valence-corrected chi connectivity index (χ0v) is 17.7. The largest absolute Gasteiger partial charge is 0.497 e. The number of nitrogens with one attached hydrogen (secondary N) is 1. The van der Waals surface area contributed by atoms with Crippen molar-refractivity contribution < 1.29 is 9.47 Å². The van der Waals surface area contributed by atoms with Gasteiger partial charge in [0.2, 0.25) is 0 Å². The molecule has 0 spiro atoms. The van der Waals surface area contributed by atoms with Crippen molar-refractivity contribution in [3.63, 3.8) is 0 Å². The third kappa shape index (κ3) is 2.84. The maximum atomic E-state index is 6.56. The smallest absolute Gasteiger partial charge is 0.197 e. The first-order chi connectivity index (χ1) is 15.2. The van der Waals surface area contributed by atoms with Crippen LogP contribution in [0.1, 0.15) is 34.2 Å². The van der Waals surface area contributed by atoms with E-state index in [0.29, 0.717) is 5.88 Å². The zero-order valence-electron chi connectivity index (χ0n) is 16.9. The van der Waals surface area contributed by atoms with E-state index in [2.05, 4.69) is 28.4 Å². The third-order valence-corrected chi connectivity index (χ3v) is 7.03. The van der Waals surface area contributed by atoms with Gasteiger partial charge in [-0.3, -0.25) is 5.10 Å². The number of hydrogen-bond donors (Lipinski definition) is 2. The van der Waals surface area contributed by atoms with Gasteiger partial charge in [-0.2, -0.15) is 5.10 Å². The number of benzene rings is 2. The molecule has 1 aliphatic carbocycles. The molecule has 1 unspecified atom stereocenters. The van der Waals surface area contributed by atoms with Crippen LogP contribution in [0, 0.1) is 0 Å². The van der Waals surface area contributed by atoms with Crippen LogP contribution in [0.5, 0.6) is 5.75 Å². The quantitative estimate of drug-likeness (QED) is 0.488. The lowest BCUT2D eigenvalue weighted by Crippen LogP contribution is -2.23. The molecular weight excluding hydrogens is 408 g/mol. The number of H-pyrrole nitrogens is 1. The summed E-state index contributed by atoms with van der Waals surface area (Å²) in [5.41, 5.74) is 12.8. The number of thiazole rings is 1. The zero-order chi connectivity index (χ0) is 20.9. The summed E-state index contributed by atoms with van der Waals surface area (Å²) in [5, 5.41) is 8.38. The predicted octanol–water partition coefficient (Wildman–Crippen LogP) is 4.83. The molecule has 2 aliphatic rings. The lowest BCUT2D eigenvalue weighted by Gasteiger charge is -2.33. The van der Waals surface area contributed by atoms with Gasteiger partial charge in [0.25, 0.3) is 0 Å². The minimum Gasteiger partial charge on any atom is -0.497 e. The van der Waals surface area contributed by atoms with Crippen molar-refractivity contribution in [3.05, 3.63) is 88.2 Å². The van der Waals surface area contributed by atoms with Crippen LogP contribution in [-0.2, 0) is 11.2 Å². The van der Waals surface area contributed by atoms with Crippen molar-refractivity contribution in [2.24, 2.45) is 5.73 Å². The van der Waals surface area contributed by atoms with Gasteiger partial charge < -0.3 is 15.2 Å². The van der Waals surface area contributed by atoms with Crippen molar-refractivity contribution >= 4 is 32.7 Å². The molecule has 2 aromatic carbocycles. The Labute approximate surface area is 183 Å². The van der Waals surface area contributed by atoms with Gasteiger partial charge in [0.05, 0.1) is 34.8 Å². The Hall–Kier alpha value is -3.58. The monoisotopic (exact) mass is 428 g/mol. The molecule has 2 aromatic heterocycles. The summed E-state index contributed by atoms with van der Waals surface area (Å²) in [6.07, 6.45) is 3.58. The molecule has 7 heteroatoms. The van der Waals surface area contributed by atoms with Gasteiger partial charge in [0.15, 0.2) is 5.88 Å². The summed E-state index contributed by atoms with van der Waals surface area (Å²) < 4.78 is 12.7. The number of ether oxygens (including phenoxy) is 2. The van der Waals surface area contributed by atoms with Crippen LogP contribution in [0.25, 0.3) is 21.4 Å². The molecule has 0 bridgehead atoms. The highest BCUT2D eigenvalue weighted by atomic mass is 32.1. The average Bonchev–Trinajstić information content (AvgIpc) is 3.45. The number of para-hydroxylation sites is 1. The van der Waals surface area contributed by atoms with Crippen LogP contribution < -0.4 is 10.5 Å². The number of aryl methyl sites for hydroxylation is 1. The van der Waals surface area contributed by atoms with Crippen LogP contribution in [0.3, 0.4) is 0 Å². The van der Waals surface area contributed by atoms with Gasteiger partial charge in [-0.15, -0.1) is 11.3 Å². The predicted molar refractivity (Wildman–Crippen MR) is 121 cm³/mol. The molecule has 0 amide bonds. The highest BCUT2D eigenvalue weighted by Crippen LogP contribution is 2.52. The first-order valence-electron chi connectivity index (χ1n) is 10.2. The molecule has 0 saturated heterocycles. The molecule has 0 saturated carbocycles. The lowest BCUT2D eigenvalue weighted by atomic mass is 9.77. The van der Waals surface area contributed by atoms with Gasteiger partial charge in [0.1, 0.15) is 16.5 Å². The topological polar surface area (TPSA) is 86.0 Å². The van der Waals surface area contributed by atoms with Crippen LogP contribution in [0.4, 0.5) is 0 Å². The number of aromatic amines is 1. The van der Waals surface area contributed by atoms with E-state index in [1.54, 1.807) is 18.4 Å². The Balaban J connectivity index is 1.58. The summed E-state index contributed by atoms with van der Waals surface area (Å²) in [5.74, 6) is 2.02. The second-order valence-electron chi connectivity index (χ2n) is 7.68. The Morgan fingerprint density at radius 3 is 2.74 bits per heavy atom. The van der Waals surface area contributed by atoms with Gasteiger partial charge in [-0.05, 0) is 41.8 Å². The molecule has 6 nitrogen and oxygen atoms in total. The number of allylic oxidation sites excluding steroid dienone is 3. The van der Waals surface area contributed by atoms with Crippen LogP contribution in [-0.4, -0.2) is 22.3 Å². The first kappa shape index (κ1) is 18.2. The highest BCUT2D eigenvalue weighted by Gasteiger charge is 2.38. The molecule has 3 heterocycles. The van der Waals surface area contributed by atoms with E-state index >= 15 is 0 Å². The van der Waals surface area contributed by atoms with Crippen LogP contribution in [0.2, 0.25) is 0 Å². The fraction of sp³-hybridized carbons (Fsp3) is 0.167. The van der Waals surface area contributed by atoms with Crippen molar-refractivity contribution in [1.82, 2.24) is 15.2 Å². The van der Waals surface area contributed by atoms with E-state index in [1.807, 2.05) is 36.5 Å². The minimum absolute atomic E-state index is 0.116. The van der Waals surface area contributed by atoms with Crippen molar-refractivity contribution in [1.29, 1.82) is 0 Å². The first-order valence-corrected chi connectivity index (χ1v) is 11.0. The summed E-state index contributed by atoms with van der Waals surface area (Å²) in [4.78, 5) is 4.91. The number of nitrogens with two attached hydrogens (primary N) is 1. The highest BCUT2D eigenvalue weighted by molar-refractivity contribution is 7.19. The van der Waals surface area contributed by atoms with E-state index in [0.717, 1.165) is 62.0 Å². The SMILES string of the molecule is COc1ccc(C2C(c3nc4ccccc4s3)=C(N)OC3=C2c2[nH]ncc2CC3)cc1. The van der Waals surface area contributed by atoms with E-state index in [1.165, 1.54) is 5.56 Å². The fourth-order valence-corrected chi connectivity index (χ4v) is 5.53. The van der Waals surface area contributed by atoms with Gasteiger partial charge in [0, 0.05) is 17.9 Å². The molecule has 4 aromatic rings. The van der Waals surface area contributed by atoms with Gasteiger partial charge in [-0.1, -0.05) is 24.3 Å². The Bertz CT molecular complexity index is 1330. The lowest BCUT2D eigenvalue weighted by molar-refractivity contribution is 0.280. The summed E-state index contributed by atoms with van der Waals surface area (Å²) in [6.45, 7) is 0. The number of methoxy groups -OCH3 is 1. The van der Waals surface area contributed by atoms with Crippen molar-refractivity contribution in [2.45, 2.75) is 18.8 Å². The van der Waals surface area contributed by atoms with Gasteiger partial charge >= 0.3 is 0 Å². The second-order valence-corrected chi connectivity index (χ2v) is 8.71. The standard InChI is InChI=1S/C24H20N4O2S/c1-29-15-9-6-13(7-10-15)19-20-17(11-8-14-12-26-28-22(14)20)30-23(25)21(19)24-27-16-4-2-3-5-18(16)31-24/h2-7,9-10,12,19H,8,11,25H2,1H3,(H,26,28). The molecule has 6 rings (SSSR count). The van der Waals surface area contributed by atoms with E-state index in [4.69, 9.17) is 20.2 Å². The number of fused-ring (bicyclic) bond motifs is 3. The maximum Gasteiger partial charge on any atom is 0.197 e. The number of nitrogens with zero attached hydrogens (tertiary/aromatic N) is 2. The molecule has 1 atom stereocenters. The van der Waals surface area contributed by atoms with Crippen LogP contribution in [0.15, 0.2) is 66.4 Å². The molecular formula is C24H20N4O2S.